The van der Waals surface area contributed by atoms with Crippen LogP contribution in [0.25, 0.3) is 16.6 Å². The zero-order valence-corrected chi connectivity index (χ0v) is 17.7. The Balaban J connectivity index is 1.29. The summed E-state index contributed by atoms with van der Waals surface area (Å²) >= 11 is 0. The van der Waals surface area contributed by atoms with Gasteiger partial charge in [-0.05, 0) is 42.8 Å². The van der Waals surface area contributed by atoms with Crippen molar-refractivity contribution in [2.75, 3.05) is 31.1 Å². The summed E-state index contributed by atoms with van der Waals surface area (Å²) < 4.78 is 1.83. The van der Waals surface area contributed by atoms with Crippen LogP contribution < -0.4 is 4.90 Å². The van der Waals surface area contributed by atoms with Crippen molar-refractivity contribution in [2.45, 2.75) is 13.8 Å². The van der Waals surface area contributed by atoms with Crippen LogP contribution in [-0.4, -0.2) is 56.7 Å². The molecule has 0 aliphatic carbocycles. The van der Waals surface area contributed by atoms with Crippen molar-refractivity contribution < 1.29 is 4.79 Å². The van der Waals surface area contributed by atoms with Crippen molar-refractivity contribution in [1.82, 2.24) is 24.6 Å². The molecule has 1 fully saturated rings. The first-order chi connectivity index (χ1) is 15.1. The van der Waals surface area contributed by atoms with Gasteiger partial charge in [-0.1, -0.05) is 30.3 Å². The molecule has 7 heteroatoms. The molecule has 4 aromatic rings. The number of benzene rings is 2. The van der Waals surface area contributed by atoms with Gasteiger partial charge < -0.3 is 9.80 Å². The number of carbonyl (C=O) groups excluding carboxylic acids is 1. The summed E-state index contributed by atoms with van der Waals surface area (Å²) in [5, 5.41) is 6.74. The second-order valence-corrected chi connectivity index (χ2v) is 7.91. The first-order valence-corrected chi connectivity index (χ1v) is 10.5. The van der Waals surface area contributed by atoms with Gasteiger partial charge in [0.25, 0.3) is 5.91 Å². The monoisotopic (exact) mass is 412 g/mol. The van der Waals surface area contributed by atoms with Crippen molar-refractivity contribution >= 4 is 22.5 Å². The van der Waals surface area contributed by atoms with Gasteiger partial charge in [0.05, 0.1) is 5.69 Å². The molecule has 2 aromatic carbocycles. The highest BCUT2D eigenvalue weighted by Gasteiger charge is 2.23. The van der Waals surface area contributed by atoms with E-state index in [2.05, 4.69) is 26.0 Å². The van der Waals surface area contributed by atoms with Gasteiger partial charge in [-0.25, -0.2) is 14.6 Å². The van der Waals surface area contributed by atoms with Gasteiger partial charge in [0.2, 0.25) is 0 Å². The Labute approximate surface area is 181 Å². The summed E-state index contributed by atoms with van der Waals surface area (Å²) in [6.45, 7) is 6.76. The molecule has 0 unspecified atom stereocenters. The average Bonchev–Trinajstić information content (AvgIpc) is 3.16. The summed E-state index contributed by atoms with van der Waals surface area (Å²) in [6.07, 6.45) is 1.58. The number of nitrogens with zero attached hydrogens (tertiary/aromatic N) is 6. The largest absolute Gasteiger partial charge is 0.353 e. The summed E-state index contributed by atoms with van der Waals surface area (Å²) in [4.78, 5) is 26.0. The Bertz CT molecular complexity index is 1260. The fraction of sp³-hybridized carbons (Fsp3) is 0.250. The zero-order chi connectivity index (χ0) is 21.4. The number of amides is 1. The average molecular weight is 412 g/mol. The minimum absolute atomic E-state index is 0.0800. The summed E-state index contributed by atoms with van der Waals surface area (Å²) in [7, 11) is 0. The van der Waals surface area contributed by atoms with Gasteiger partial charge in [-0.15, -0.1) is 0 Å². The lowest BCUT2D eigenvalue weighted by molar-refractivity contribution is 0.0746. The normalized spacial score (nSPS) is 14.3. The van der Waals surface area contributed by atoms with Crippen LogP contribution in [0.15, 0.2) is 60.9 Å². The van der Waals surface area contributed by atoms with Gasteiger partial charge in [0.1, 0.15) is 12.1 Å². The van der Waals surface area contributed by atoms with Gasteiger partial charge in [-0.2, -0.15) is 5.10 Å². The van der Waals surface area contributed by atoms with Crippen LogP contribution in [0.1, 0.15) is 21.7 Å². The Kier molecular flexibility index (Phi) is 4.86. The lowest BCUT2D eigenvalue weighted by Crippen LogP contribution is -2.49. The maximum atomic E-state index is 13.0. The van der Waals surface area contributed by atoms with Crippen molar-refractivity contribution in [1.29, 1.82) is 0 Å². The summed E-state index contributed by atoms with van der Waals surface area (Å²) in [6, 6.07) is 18.0. The van der Waals surface area contributed by atoms with Crippen LogP contribution in [0.5, 0.6) is 0 Å². The third-order valence-electron chi connectivity index (χ3n) is 5.75. The zero-order valence-electron chi connectivity index (χ0n) is 17.7. The number of aryl methyl sites for hydroxylation is 2. The van der Waals surface area contributed by atoms with Crippen LogP contribution in [0.4, 0.5) is 5.82 Å². The van der Waals surface area contributed by atoms with E-state index in [1.807, 2.05) is 72.0 Å². The number of aromatic nitrogens is 4. The minimum Gasteiger partial charge on any atom is -0.353 e. The molecule has 5 rings (SSSR count). The highest BCUT2D eigenvalue weighted by molar-refractivity contribution is 5.98. The molecule has 3 heterocycles. The van der Waals surface area contributed by atoms with E-state index >= 15 is 0 Å². The minimum atomic E-state index is 0.0800. The molecule has 1 aliphatic rings. The lowest BCUT2D eigenvalue weighted by atomic mass is 10.1. The quantitative estimate of drug-likeness (QED) is 0.516. The summed E-state index contributed by atoms with van der Waals surface area (Å²) in [5.41, 5.74) is 2.73. The molecule has 1 amide bonds. The molecule has 0 N–H and O–H groups in total. The van der Waals surface area contributed by atoms with Crippen molar-refractivity contribution in [2.24, 2.45) is 0 Å². The number of hydrogen-bond acceptors (Lipinski definition) is 5. The molecular formula is C24H24N6O. The van der Waals surface area contributed by atoms with Gasteiger partial charge >= 0.3 is 0 Å². The molecule has 2 aromatic heterocycles. The predicted molar refractivity (Wildman–Crippen MR) is 121 cm³/mol. The lowest BCUT2D eigenvalue weighted by Gasteiger charge is -2.35. The van der Waals surface area contributed by atoms with Crippen LogP contribution in [-0.2, 0) is 0 Å². The molecule has 0 atom stereocenters. The van der Waals surface area contributed by atoms with Crippen molar-refractivity contribution in [3.05, 3.63) is 77.9 Å². The van der Waals surface area contributed by atoms with E-state index in [4.69, 9.17) is 0 Å². The van der Waals surface area contributed by atoms with E-state index < -0.39 is 0 Å². The van der Waals surface area contributed by atoms with Crippen LogP contribution in [0.2, 0.25) is 0 Å². The van der Waals surface area contributed by atoms with Gasteiger partial charge in [0.15, 0.2) is 5.82 Å². The van der Waals surface area contributed by atoms with E-state index in [-0.39, 0.29) is 5.91 Å². The molecule has 1 aliphatic heterocycles. The number of piperazine rings is 1. The molecule has 7 nitrogen and oxygen atoms in total. The Morgan fingerprint density at radius 1 is 0.839 bits per heavy atom. The SMILES string of the molecule is Cc1cc(C)n(-c2cc(N3CCN(C(=O)c4ccc5ccccc5c4)CC3)ncn2)n1. The second-order valence-electron chi connectivity index (χ2n) is 7.91. The fourth-order valence-electron chi connectivity index (χ4n) is 4.13. The molecule has 31 heavy (non-hydrogen) atoms. The van der Waals surface area contributed by atoms with Crippen LogP contribution in [0.3, 0.4) is 0 Å². The topological polar surface area (TPSA) is 67.2 Å². The molecule has 0 spiro atoms. The Morgan fingerprint density at radius 2 is 1.58 bits per heavy atom. The molecule has 0 radical (unpaired) electrons. The maximum absolute atomic E-state index is 13.0. The standard InChI is InChI=1S/C24H24N6O/c1-17-13-18(2)30(27-17)23-15-22(25-16-26-23)28-9-11-29(12-10-28)24(31)21-8-7-19-5-3-4-6-20(19)14-21/h3-8,13-16H,9-12H2,1-2H3. The third-order valence-corrected chi connectivity index (χ3v) is 5.75. The van der Waals surface area contributed by atoms with E-state index in [0.29, 0.717) is 13.1 Å². The Hall–Kier alpha value is -3.74. The smallest absolute Gasteiger partial charge is 0.253 e. The summed E-state index contributed by atoms with van der Waals surface area (Å²) in [5.74, 6) is 1.69. The first kappa shape index (κ1) is 19.2. The van der Waals surface area contributed by atoms with Crippen molar-refractivity contribution in [3.8, 4) is 5.82 Å². The van der Waals surface area contributed by atoms with E-state index in [1.54, 1.807) is 6.33 Å². The van der Waals surface area contributed by atoms with E-state index in [0.717, 1.165) is 52.4 Å². The first-order valence-electron chi connectivity index (χ1n) is 10.5. The van der Waals surface area contributed by atoms with Crippen LogP contribution in [0, 0.1) is 13.8 Å². The highest BCUT2D eigenvalue weighted by atomic mass is 16.2. The van der Waals surface area contributed by atoms with Crippen molar-refractivity contribution in [3.63, 3.8) is 0 Å². The number of fused-ring (bicyclic) bond motifs is 1. The van der Waals surface area contributed by atoms with Crippen LogP contribution >= 0.6 is 0 Å². The van der Waals surface area contributed by atoms with Gasteiger partial charge in [-0.3, -0.25) is 4.79 Å². The number of anilines is 1. The Morgan fingerprint density at radius 3 is 2.32 bits per heavy atom. The van der Waals surface area contributed by atoms with E-state index in [1.165, 1.54) is 0 Å². The molecule has 0 bridgehead atoms. The molecule has 0 saturated carbocycles. The second kappa shape index (κ2) is 7.83. The maximum Gasteiger partial charge on any atom is 0.253 e. The molecular weight excluding hydrogens is 388 g/mol. The van der Waals surface area contributed by atoms with E-state index in [9.17, 15) is 4.79 Å². The highest BCUT2D eigenvalue weighted by Crippen LogP contribution is 2.20. The number of rotatable bonds is 3. The van der Waals surface area contributed by atoms with Gasteiger partial charge in [0, 0.05) is 43.5 Å². The predicted octanol–water partition coefficient (Wildman–Crippen LogP) is 3.39. The fourth-order valence-corrected chi connectivity index (χ4v) is 4.13. The number of carbonyl (C=O) groups is 1. The number of hydrogen-bond donors (Lipinski definition) is 0. The molecule has 156 valence electrons. The third kappa shape index (κ3) is 3.74. The molecule has 1 saturated heterocycles.